The molecule has 1 N–H and O–H groups in total. The molecule has 0 aliphatic carbocycles. The van der Waals surface area contributed by atoms with Crippen LogP contribution in [0.2, 0.25) is 0 Å². The molecule has 3 rings (SSSR count). The van der Waals surface area contributed by atoms with E-state index in [4.69, 9.17) is 0 Å². The summed E-state index contributed by atoms with van der Waals surface area (Å²) in [5.41, 5.74) is 5.90. The van der Waals surface area contributed by atoms with Crippen LogP contribution in [0.15, 0.2) is 73.1 Å². The van der Waals surface area contributed by atoms with E-state index in [0.29, 0.717) is 11.4 Å². The van der Waals surface area contributed by atoms with Crippen LogP contribution < -0.4 is 5.56 Å². The molecule has 0 aliphatic heterocycles. The second-order valence-electron chi connectivity index (χ2n) is 6.35. The summed E-state index contributed by atoms with van der Waals surface area (Å²) in [6.45, 7) is 7.53. The quantitative estimate of drug-likeness (QED) is 0.491. The van der Waals surface area contributed by atoms with Crippen LogP contribution in [0.3, 0.4) is 0 Å². The largest absolute Gasteiger partial charge is 0.339 e. The van der Waals surface area contributed by atoms with Crippen LogP contribution >= 0.6 is 0 Å². The molecule has 0 radical (unpaired) electrons. The van der Waals surface area contributed by atoms with Gasteiger partial charge in [0, 0.05) is 7.05 Å². The van der Waals surface area contributed by atoms with E-state index in [1.54, 1.807) is 23.6 Å². The van der Waals surface area contributed by atoms with Gasteiger partial charge in [0.2, 0.25) is 0 Å². The van der Waals surface area contributed by atoms with Gasteiger partial charge in [0.25, 0.3) is 5.56 Å². The highest BCUT2D eigenvalue weighted by atomic mass is 16.1. The third kappa shape index (κ3) is 3.48. The predicted octanol–water partition coefficient (Wildman–Crippen LogP) is 5.37. The van der Waals surface area contributed by atoms with E-state index in [0.717, 1.165) is 33.5 Å². The molecule has 7 heteroatoms. The SMILES string of the molecule is CN=N/C(C)=C/C=C(\C)N=Nc1c(C)c(C)c2[nH]c3ccccc3n2c1=O. The Morgan fingerprint density at radius 1 is 1.04 bits per heavy atom. The number of benzene rings is 1. The zero-order chi connectivity index (χ0) is 19.6. The van der Waals surface area contributed by atoms with E-state index in [1.807, 2.05) is 52.0 Å². The number of nitrogens with one attached hydrogen (secondary N) is 1. The Balaban J connectivity index is 2.12. The van der Waals surface area contributed by atoms with Gasteiger partial charge >= 0.3 is 0 Å². The Kier molecular flexibility index (Phi) is 5.12. The minimum absolute atomic E-state index is 0.186. The third-order valence-corrected chi connectivity index (χ3v) is 4.43. The van der Waals surface area contributed by atoms with Crippen molar-refractivity contribution in [2.75, 3.05) is 7.05 Å². The Morgan fingerprint density at radius 3 is 2.41 bits per heavy atom. The number of aryl methyl sites for hydroxylation is 1. The smallest absolute Gasteiger partial charge is 0.284 e. The number of imidazole rings is 1. The third-order valence-electron chi connectivity index (χ3n) is 4.43. The van der Waals surface area contributed by atoms with Gasteiger partial charge in [-0.1, -0.05) is 12.1 Å². The number of azo groups is 2. The first-order valence-electron chi connectivity index (χ1n) is 8.63. The van der Waals surface area contributed by atoms with Crippen molar-refractivity contribution in [2.24, 2.45) is 20.5 Å². The van der Waals surface area contributed by atoms with E-state index in [2.05, 4.69) is 25.4 Å². The average Bonchev–Trinajstić information content (AvgIpc) is 3.04. The number of aromatic amines is 1. The molecule has 3 aromatic rings. The second-order valence-corrected chi connectivity index (χ2v) is 6.35. The van der Waals surface area contributed by atoms with Crippen molar-refractivity contribution in [1.29, 1.82) is 0 Å². The van der Waals surface area contributed by atoms with E-state index in [1.165, 1.54) is 0 Å². The zero-order valence-corrected chi connectivity index (χ0v) is 16.1. The van der Waals surface area contributed by atoms with Gasteiger partial charge in [-0.15, -0.1) is 5.11 Å². The number of hydrogen-bond donors (Lipinski definition) is 1. The molecule has 7 nitrogen and oxygen atoms in total. The summed E-state index contributed by atoms with van der Waals surface area (Å²) in [7, 11) is 1.62. The average molecular weight is 362 g/mol. The van der Waals surface area contributed by atoms with E-state index >= 15 is 0 Å². The maximum atomic E-state index is 13.1. The van der Waals surface area contributed by atoms with Crippen molar-refractivity contribution in [1.82, 2.24) is 9.38 Å². The van der Waals surface area contributed by atoms with Crippen LogP contribution in [0, 0.1) is 13.8 Å². The topological polar surface area (TPSA) is 86.7 Å². The molecule has 0 atom stereocenters. The van der Waals surface area contributed by atoms with E-state index in [9.17, 15) is 4.79 Å². The lowest BCUT2D eigenvalue weighted by molar-refractivity contribution is 1.04. The minimum atomic E-state index is -0.186. The first-order chi connectivity index (χ1) is 12.9. The zero-order valence-electron chi connectivity index (χ0n) is 16.1. The summed E-state index contributed by atoms with van der Waals surface area (Å²) in [6, 6.07) is 7.71. The highest BCUT2D eigenvalue weighted by molar-refractivity contribution is 5.82. The summed E-state index contributed by atoms with van der Waals surface area (Å²) in [4.78, 5) is 16.4. The standard InChI is InChI=1S/C20H22N6O/c1-12(23-21-5)10-11-13(2)24-25-18-14(3)15(4)19-22-16-8-6-7-9-17(16)26(19)20(18)27/h6-11,22H,1-5H3/b12-10+,13-11+,23-21?,25-24?. The van der Waals surface area contributed by atoms with Gasteiger partial charge in [-0.2, -0.15) is 15.3 Å². The lowest BCUT2D eigenvalue weighted by Gasteiger charge is -2.06. The molecule has 138 valence electrons. The number of rotatable bonds is 4. The number of H-pyrrole nitrogens is 1. The van der Waals surface area contributed by atoms with Crippen LogP contribution in [0.1, 0.15) is 25.0 Å². The predicted molar refractivity (Wildman–Crippen MR) is 108 cm³/mol. The Bertz CT molecular complexity index is 1190. The van der Waals surface area contributed by atoms with Crippen molar-refractivity contribution in [3.63, 3.8) is 0 Å². The van der Waals surface area contributed by atoms with Gasteiger partial charge < -0.3 is 4.98 Å². The molecular formula is C20H22N6O. The van der Waals surface area contributed by atoms with Crippen molar-refractivity contribution >= 4 is 22.4 Å². The van der Waals surface area contributed by atoms with Gasteiger partial charge in [0.1, 0.15) is 5.65 Å². The van der Waals surface area contributed by atoms with Crippen LogP contribution in [-0.2, 0) is 0 Å². The number of allylic oxidation sites excluding steroid dienone is 4. The monoisotopic (exact) mass is 362 g/mol. The lowest BCUT2D eigenvalue weighted by atomic mass is 10.1. The summed E-state index contributed by atoms with van der Waals surface area (Å²) in [6.07, 6.45) is 3.59. The van der Waals surface area contributed by atoms with Crippen LogP contribution in [0.4, 0.5) is 5.69 Å². The lowest BCUT2D eigenvalue weighted by Crippen LogP contribution is -2.14. The number of nitrogens with zero attached hydrogens (tertiary/aromatic N) is 5. The van der Waals surface area contributed by atoms with Crippen molar-refractivity contribution < 1.29 is 0 Å². The Morgan fingerprint density at radius 2 is 1.70 bits per heavy atom. The molecule has 27 heavy (non-hydrogen) atoms. The number of aromatic nitrogens is 2. The molecule has 0 amide bonds. The first kappa shape index (κ1) is 18.4. The summed E-state index contributed by atoms with van der Waals surface area (Å²) >= 11 is 0. The molecule has 2 aromatic heterocycles. The fourth-order valence-electron chi connectivity index (χ4n) is 2.88. The summed E-state index contributed by atoms with van der Waals surface area (Å²) in [5.74, 6) is 0. The van der Waals surface area contributed by atoms with Gasteiger partial charge in [-0.3, -0.25) is 9.20 Å². The van der Waals surface area contributed by atoms with E-state index in [-0.39, 0.29) is 5.56 Å². The normalized spacial score (nSPS) is 13.7. The fourth-order valence-corrected chi connectivity index (χ4v) is 2.88. The second kappa shape index (κ2) is 7.49. The van der Waals surface area contributed by atoms with Crippen LogP contribution in [0.25, 0.3) is 16.7 Å². The Hall–Kier alpha value is -3.35. The number of para-hydroxylation sites is 2. The van der Waals surface area contributed by atoms with Crippen molar-refractivity contribution in [3.8, 4) is 0 Å². The molecule has 0 saturated heterocycles. The first-order valence-corrected chi connectivity index (χ1v) is 8.63. The van der Waals surface area contributed by atoms with Gasteiger partial charge in [-0.25, -0.2) is 0 Å². The van der Waals surface area contributed by atoms with Crippen molar-refractivity contribution in [3.05, 3.63) is 69.3 Å². The molecule has 0 spiro atoms. The van der Waals surface area contributed by atoms with Gasteiger partial charge in [-0.05, 0) is 63.1 Å². The van der Waals surface area contributed by atoms with Crippen LogP contribution in [0.5, 0.6) is 0 Å². The number of hydrogen-bond acceptors (Lipinski definition) is 5. The molecule has 0 fully saturated rings. The number of fused-ring (bicyclic) bond motifs is 3. The Labute approximate surface area is 156 Å². The highest BCUT2D eigenvalue weighted by Gasteiger charge is 2.15. The summed E-state index contributed by atoms with van der Waals surface area (Å²) in [5, 5.41) is 16.1. The van der Waals surface area contributed by atoms with Crippen molar-refractivity contribution in [2.45, 2.75) is 27.7 Å². The number of pyridine rings is 1. The minimum Gasteiger partial charge on any atom is -0.339 e. The van der Waals surface area contributed by atoms with Gasteiger partial charge in [0.05, 0.1) is 22.4 Å². The van der Waals surface area contributed by atoms with E-state index < -0.39 is 0 Å². The fraction of sp³-hybridized carbons (Fsp3) is 0.250. The molecule has 0 bridgehead atoms. The molecule has 1 aromatic carbocycles. The van der Waals surface area contributed by atoms with Crippen LogP contribution in [-0.4, -0.2) is 16.4 Å². The maximum Gasteiger partial charge on any atom is 0.284 e. The summed E-state index contributed by atoms with van der Waals surface area (Å²) < 4.78 is 1.66. The highest BCUT2D eigenvalue weighted by Crippen LogP contribution is 2.25. The molecule has 0 saturated carbocycles. The molecule has 2 heterocycles. The molecular weight excluding hydrogens is 340 g/mol. The maximum absolute atomic E-state index is 13.1. The molecule has 0 unspecified atom stereocenters. The van der Waals surface area contributed by atoms with Gasteiger partial charge in [0.15, 0.2) is 5.69 Å². The molecule has 0 aliphatic rings.